The fraction of sp³-hybridized carbons (Fsp3) is 0.700. The predicted octanol–water partition coefficient (Wildman–Crippen LogP) is 4.01. The molecule has 158 valence electrons. The van der Waals surface area contributed by atoms with Crippen molar-refractivity contribution in [2.75, 3.05) is 41.0 Å². The van der Waals surface area contributed by atoms with Crippen LogP contribution in [0.25, 0.3) is 0 Å². The van der Waals surface area contributed by atoms with Crippen LogP contribution in [0.15, 0.2) is 30.3 Å². The molecule has 0 aromatic heterocycles. The Kier molecular flexibility index (Phi) is 17.3. The van der Waals surface area contributed by atoms with Crippen molar-refractivity contribution in [2.24, 2.45) is 0 Å². The summed E-state index contributed by atoms with van der Waals surface area (Å²) in [6, 6.07) is 11.5. The van der Waals surface area contributed by atoms with Crippen molar-refractivity contribution in [1.82, 2.24) is 10.6 Å². The first kappa shape index (κ1) is 26.5. The highest BCUT2D eigenvalue weighted by atomic mass is 35.5. The van der Waals surface area contributed by atoms with Gasteiger partial charge in [0.05, 0.1) is 0 Å². The van der Waals surface area contributed by atoms with Crippen LogP contribution in [-0.4, -0.2) is 49.8 Å². The van der Waals surface area contributed by atoms with Gasteiger partial charge in [-0.15, -0.1) is 12.4 Å². The monoisotopic (exact) mass is 418 g/mol. The second-order valence-electron chi connectivity index (χ2n) is 6.58. The SMILES string of the molecule is CO[Si](CCCCNCCCCCCNCc1ccccc1)(OC)OC.Cl. The zero-order chi connectivity index (χ0) is 18.9. The van der Waals surface area contributed by atoms with Crippen molar-refractivity contribution in [3.05, 3.63) is 35.9 Å². The van der Waals surface area contributed by atoms with Crippen molar-refractivity contribution in [2.45, 2.75) is 51.1 Å². The second-order valence-corrected chi connectivity index (χ2v) is 9.67. The molecule has 0 fully saturated rings. The predicted molar refractivity (Wildman–Crippen MR) is 118 cm³/mol. The minimum Gasteiger partial charge on any atom is -0.377 e. The van der Waals surface area contributed by atoms with Gasteiger partial charge in [-0.25, -0.2) is 0 Å². The summed E-state index contributed by atoms with van der Waals surface area (Å²) in [4.78, 5) is 0. The first-order chi connectivity index (χ1) is 12.8. The molecule has 0 heterocycles. The molecule has 0 amide bonds. The number of halogens is 1. The molecule has 0 bridgehead atoms. The largest absolute Gasteiger partial charge is 0.500 e. The van der Waals surface area contributed by atoms with Crippen LogP contribution in [0.4, 0.5) is 0 Å². The van der Waals surface area contributed by atoms with Crippen LogP contribution < -0.4 is 10.6 Å². The fourth-order valence-corrected chi connectivity index (χ4v) is 4.75. The Labute approximate surface area is 173 Å². The highest BCUT2D eigenvalue weighted by Gasteiger charge is 2.36. The zero-order valence-electron chi connectivity index (χ0n) is 17.3. The summed E-state index contributed by atoms with van der Waals surface area (Å²) >= 11 is 0. The van der Waals surface area contributed by atoms with Gasteiger partial charge in [0, 0.05) is 33.9 Å². The van der Waals surface area contributed by atoms with Crippen LogP contribution >= 0.6 is 12.4 Å². The van der Waals surface area contributed by atoms with Crippen LogP contribution in [0, 0.1) is 0 Å². The molecule has 1 aromatic rings. The first-order valence-corrected chi connectivity index (χ1v) is 11.8. The van der Waals surface area contributed by atoms with Crippen LogP contribution in [0.2, 0.25) is 6.04 Å². The van der Waals surface area contributed by atoms with E-state index in [1.807, 2.05) is 0 Å². The third kappa shape index (κ3) is 12.6. The number of hydrogen-bond acceptors (Lipinski definition) is 5. The van der Waals surface area contributed by atoms with Gasteiger partial charge in [0.15, 0.2) is 0 Å². The third-order valence-corrected chi connectivity index (χ3v) is 7.48. The van der Waals surface area contributed by atoms with Crippen LogP contribution in [0.3, 0.4) is 0 Å². The molecule has 0 unspecified atom stereocenters. The molecule has 0 saturated carbocycles. The van der Waals surface area contributed by atoms with Crippen molar-refractivity contribution < 1.29 is 13.3 Å². The van der Waals surface area contributed by atoms with Crippen molar-refractivity contribution in [1.29, 1.82) is 0 Å². The van der Waals surface area contributed by atoms with Gasteiger partial charge in [-0.1, -0.05) is 43.2 Å². The minimum atomic E-state index is -2.37. The Morgan fingerprint density at radius 1 is 0.704 bits per heavy atom. The topological polar surface area (TPSA) is 51.8 Å². The van der Waals surface area contributed by atoms with E-state index in [2.05, 4.69) is 41.0 Å². The lowest BCUT2D eigenvalue weighted by atomic mass is 10.2. The van der Waals surface area contributed by atoms with Gasteiger partial charge in [0.1, 0.15) is 0 Å². The number of hydrogen-bond donors (Lipinski definition) is 2. The van der Waals surface area contributed by atoms with Crippen molar-refractivity contribution in [3.63, 3.8) is 0 Å². The second kappa shape index (κ2) is 17.6. The molecule has 0 radical (unpaired) electrons. The van der Waals surface area contributed by atoms with E-state index < -0.39 is 8.80 Å². The van der Waals surface area contributed by atoms with E-state index in [-0.39, 0.29) is 12.4 Å². The summed E-state index contributed by atoms with van der Waals surface area (Å²) in [5, 5.41) is 7.04. The molecular weight excluding hydrogens is 380 g/mol. The van der Waals surface area contributed by atoms with Gasteiger partial charge in [0.25, 0.3) is 0 Å². The van der Waals surface area contributed by atoms with Gasteiger partial charge < -0.3 is 23.9 Å². The Hall–Kier alpha value is -0.473. The molecule has 0 spiro atoms. The Balaban J connectivity index is 0.00000676. The summed E-state index contributed by atoms with van der Waals surface area (Å²) in [6.45, 7) is 4.24. The quantitative estimate of drug-likeness (QED) is 0.295. The van der Waals surface area contributed by atoms with Gasteiger partial charge in [-0.3, -0.25) is 0 Å². The smallest absolute Gasteiger partial charge is 0.377 e. The maximum Gasteiger partial charge on any atom is 0.500 e. The molecule has 1 rings (SSSR count). The number of unbranched alkanes of at least 4 members (excludes halogenated alkanes) is 4. The van der Waals surface area contributed by atoms with Gasteiger partial charge in [-0.05, 0) is 50.9 Å². The average Bonchev–Trinajstić information content (AvgIpc) is 2.70. The Bertz CT molecular complexity index is 428. The number of nitrogens with one attached hydrogen (secondary N) is 2. The highest BCUT2D eigenvalue weighted by Crippen LogP contribution is 2.15. The summed E-state index contributed by atoms with van der Waals surface area (Å²) < 4.78 is 16.3. The van der Waals surface area contributed by atoms with E-state index in [1.54, 1.807) is 21.3 Å². The van der Waals surface area contributed by atoms with E-state index >= 15 is 0 Å². The lowest BCUT2D eigenvalue weighted by Crippen LogP contribution is -2.42. The molecular formula is C20H39ClN2O3Si. The summed E-state index contributed by atoms with van der Waals surface area (Å²) in [7, 11) is 2.66. The summed E-state index contributed by atoms with van der Waals surface area (Å²) in [5.74, 6) is 0. The molecule has 27 heavy (non-hydrogen) atoms. The molecule has 0 aliphatic heterocycles. The van der Waals surface area contributed by atoms with Crippen LogP contribution in [0.5, 0.6) is 0 Å². The van der Waals surface area contributed by atoms with Crippen molar-refractivity contribution in [3.8, 4) is 0 Å². The minimum absolute atomic E-state index is 0. The first-order valence-electron chi connectivity index (χ1n) is 9.87. The molecule has 0 aliphatic rings. The maximum absolute atomic E-state index is 5.43. The number of benzene rings is 1. The summed E-state index contributed by atoms with van der Waals surface area (Å²) in [5.41, 5.74) is 1.36. The third-order valence-electron chi connectivity index (χ3n) is 4.65. The molecule has 0 atom stereocenters. The van der Waals surface area contributed by atoms with Crippen LogP contribution in [-0.2, 0) is 19.8 Å². The van der Waals surface area contributed by atoms with Crippen molar-refractivity contribution >= 4 is 21.2 Å². The highest BCUT2D eigenvalue weighted by molar-refractivity contribution is 6.60. The average molecular weight is 419 g/mol. The van der Waals surface area contributed by atoms with Gasteiger partial charge in [-0.2, -0.15) is 0 Å². The molecule has 7 heteroatoms. The zero-order valence-corrected chi connectivity index (χ0v) is 19.1. The molecule has 0 aliphatic carbocycles. The van der Waals surface area contributed by atoms with E-state index in [4.69, 9.17) is 13.3 Å². The normalized spacial score (nSPS) is 11.4. The Morgan fingerprint density at radius 2 is 1.22 bits per heavy atom. The van der Waals surface area contributed by atoms with E-state index in [9.17, 15) is 0 Å². The fourth-order valence-electron chi connectivity index (χ4n) is 2.95. The van der Waals surface area contributed by atoms with E-state index in [1.165, 1.54) is 31.2 Å². The van der Waals surface area contributed by atoms with E-state index in [0.717, 1.165) is 45.1 Å². The Morgan fingerprint density at radius 3 is 1.78 bits per heavy atom. The molecule has 0 saturated heterocycles. The molecule has 1 aromatic carbocycles. The maximum atomic E-state index is 5.43. The lowest BCUT2D eigenvalue weighted by Gasteiger charge is -2.24. The lowest BCUT2D eigenvalue weighted by molar-refractivity contribution is 0.123. The molecule has 5 nitrogen and oxygen atoms in total. The van der Waals surface area contributed by atoms with Gasteiger partial charge in [0.2, 0.25) is 0 Å². The van der Waals surface area contributed by atoms with Crippen LogP contribution in [0.1, 0.15) is 44.1 Å². The summed E-state index contributed by atoms with van der Waals surface area (Å²) in [6.07, 6.45) is 7.31. The van der Waals surface area contributed by atoms with E-state index in [0.29, 0.717) is 0 Å². The van der Waals surface area contributed by atoms with Gasteiger partial charge >= 0.3 is 8.80 Å². The molecule has 2 N–H and O–H groups in total. The standard InChI is InChI=1S/C20H38N2O3Si.ClH/c1-23-26(24-2,25-3)18-12-11-16-21-15-9-4-5-10-17-22-19-20-13-7-6-8-14-20;/h6-8,13-14,21-22H,4-5,9-12,15-19H2,1-3H3;1H. The number of rotatable bonds is 17.